The third-order valence-corrected chi connectivity index (χ3v) is 6.53. The highest BCUT2D eigenvalue weighted by Gasteiger charge is 2.20. The number of ether oxygens (including phenoxy) is 1. The SMILES string of the molecule is CCOc1ccc(NC(=O)c2sc(NS(=O)(=O)c3ccc(C)cc3)nc2C)cc1. The number of hydrogen-bond acceptors (Lipinski definition) is 6. The van der Waals surface area contributed by atoms with Crippen molar-refractivity contribution in [2.75, 3.05) is 16.6 Å². The number of carbonyl (C=O) groups is 1. The Morgan fingerprint density at radius 2 is 1.72 bits per heavy atom. The molecule has 0 atom stereocenters. The fourth-order valence-corrected chi connectivity index (χ4v) is 4.63. The molecule has 0 saturated heterocycles. The van der Waals surface area contributed by atoms with Crippen LogP contribution in [0.15, 0.2) is 53.4 Å². The molecule has 1 heterocycles. The Morgan fingerprint density at radius 3 is 2.34 bits per heavy atom. The summed E-state index contributed by atoms with van der Waals surface area (Å²) in [6.45, 7) is 6.00. The highest BCUT2D eigenvalue weighted by atomic mass is 32.2. The van der Waals surface area contributed by atoms with E-state index in [-0.39, 0.29) is 15.9 Å². The van der Waals surface area contributed by atoms with E-state index in [1.165, 1.54) is 12.1 Å². The van der Waals surface area contributed by atoms with Crippen LogP contribution in [0.3, 0.4) is 0 Å². The summed E-state index contributed by atoms with van der Waals surface area (Å²) < 4.78 is 32.9. The lowest BCUT2D eigenvalue weighted by atomic mass is 10.2. The van der Waals surface area contributed by atoms with E-state index in [9.17, 15) is 13.2 Å². The van der Waals surface area contributed by atoms with Crippen molar-refractivity contribution in [3.63, 3.8) is 0 Å². The van der Waals surface area contributed by atoms with Crippen LogP contribution < -0.4 is 14.8 Å². The molecule has 0 unspecified atom stereocenters. The number of aromatic nitrogens is 1. The lowest BCUT2D eigenvalue weighted by Crippen LogP contribution is -2.12. The van der Waals surface area contributed by atoms with E-state index < -0.39 is 10.0 Å². The zero-order valence-corrected chi connectivity index (χ0v) is 17.9. The van der Waals surface area contributed by atoms with Gasteiger partial charge in [0.15, 0.2) is 5.13 Å². The second kappa shape index (κ2) is 8.62. The minimum atomic E-state index is -3.78. The van der Waals surface area contributed by atoms with Crippen molar-refractivity contribution in [3.05, 3.63) is 64.7 Å². The van der Waals surface area contributed by atoms with Crippen LogP contribution in [0.1, 0.15) is 27.9 Å². The molecule has 1 aromatic heterocycles. The minimum absolute atomic E-state index is 0.136. The molecule has 0 saturated carbocycles. The molecule has 29 heavy (non-hydrogen) atoms. The zero-order chi connectivity index (χ0) is 21.0. The molecule has 0 radical (unpaired) electrons. The van der Waals surface area contributed by atoms with Crippen LogP contribution in [0.4, 0.5) is 10.8 Å². The van der Waals surface area contributed by atoms with E-state index >= 15 is 0 Å². The number of nitrogens with zero attached hydrogens (tertiary/aromatic N) is 1. The first-order chi connectivity index (χ1) is 13.8. The van der Waals surface area contributed by atoms with Crippen LogP contribution in [-0.4, -0.2) is 25.9 Å². The largest absolute Gasteiger partial charge is 0.494 e. The molecule has 0 spiro atoms. The second-order valence-electron chi connectivity index (χ2n) is 6.26. The quantitative estimate of drug-likeness (QED) is 0.584. The normalized spacial score (nSPS) is 11.1. The number of rotatable bonds is 7. The van der Waals surface area contributed by atoms with Crippen LogP contribution in [-0.2, 0) is 10.0 Å². The van der Waals surface area contributed by atoms with Gasteiger partial charge in [-0.15, -0.1) is 0 Å². The van der Waals surface area contributed by atoms with E-state index in [2.05, 4.69) is 15.0 Å². The van der Waals surface area contributed by atoms with Gasteiger partial charge < -0.3 is 10.1 Å². The van der Waals surface area contributed by atoms with Crippen LogP contribution >= 0.6 is 11.3 Å². The molecule has 0 aliphatic carbocycles. The van der Waals surface area contributed by atoms with E-state index in [1.807, 2.05) is 13.8 Å². The maximum absolute atomic E-state index is 12.6. The van der Waals surface area contributed by atoms with Gasteiger partial charge in [-0.3, -0.25) is 9.52 Å². The topological polar surface area (TPSA) is 97.4 Å². The summed E-state index contributed by atoms with van der Waals surface area (Å²) in [5, 5.41) is 2.92. The smallest absolute Gasteiger partial charge is 0.267 e. The van der Waals surface area contributed by atoms with Crippen LogP contribution in [0.2, 0.25) is 0 Å². The van der Waals surface area contributed by atoms with Gasteiger partial charge in [0.05, 0.1) is 17.2 Å². The molecule has 2 N–H and O–H groups in total. The van der Waals surface area contributed by atoms with Crippen molar-refractivity contribution in [3.8, 4) is 5.75 Å². The summed E-state index contributed by atoms with van der Waals surface area (Å²) in [6, 6.07) is 13.5. The number of thiazole rings is 1. The second-order valence-corrected chi connectivity index (χ2v) is 8.95. The molecular formula is C20H21N3O4S2. The summed E-state index contributed by atoms with van der Waals surface area (Å²) in [5.41, 5.74) is 2.01. The van der Waals surface area contributed by atoms with Crippen molar-refractivity contribution in [1.82, 2.24) is 4.98 Å². The average molecular weight is 432 g/mol. The third kappa shape index (κ3) is 5.12. The van der Waals surface area contributed by atoms with Gasteiger partial charge in [0.25, 0.3) is 15.9 Å². The lowest BCUT2D eigenvalue weighted by molar-refractivity contribution is 0.102. The number of nitrogens with one attached hydrogen (secondary N) is 2. The van der Waals surface area contributed by atoms with Crippen molar-refractivity contribution in [2.45, 2.75) is 25.7 Å². The van der Waals surface area contributed by atoms with Gasteiger partial charge in [0.2, 0.25) is 0 Å². The summed E-state index contributed by atoms with van der Waals surface area (Å²) in [5.74, 6) is 0.359. The number of sulfonamides is 1. The zero-order valence-electron chi connectivity index (χ0n) is 16.2. The predicted molar refractivity (Wildman–Crippen MR) is 114 cm³/mol. The fourth-order valence-electron chi connectivity index (χ4n) is 2.53. The van der Waals surface area contributed by atoms with Crippen LogP contribution in [0, 0.1) is 13.8 Å². The summed E-state index contributed by atoms with van der Waals surface area (Å²) in [4.78, 5) is 17.2. The molecule has 0 fully saturated rings. The van der Waals surface area contributed by atoms with Crippen molar-refractivity contribution < 1.29 is 17.9 Å². The van der Waals surface area contributed by atoms with E-state index in [0.29, 0.717) is 28.6 Å². The number of amides is 1. The molecule has 0 bridgehead atoms. The van der Waals surface area contributed by atoms with Crippen molar-refractivity contribution in [2.24, 2.45) is 0 Å². The Bertz CT molecular complexity index is 1110. The lowest BCUT2D eigenvalue weighted by Gasteiger charge is -2.06. The number of anilines is 2. The number of benzene rings is 2. The van der Waals surface area contributed by atoms with Crippen LogP contribution in [0.25, 0.3) is 0 Å². The first kappa shape index (κ1) is 20.8. The van der Waals surface area contributed by atoms with Gasteiger partial charge in [-0.05, 0) is 57.2 Å². The van der Waals surface area contributed by atoms with Gasteiger partial charge >= 0.3 is 0 Å². The van der Waals surface area contributed by atoms with Crippen LogP contribution in [0.5, 0.6) is 5.75 Å². The van der Waals surface area contributed by atoms with Gasteiger partial charge in [-0.1, -0.05) is 29.0 Å². The Kier molecular flexibility index (Phi) is 6.19. The third-order valence-electron chi connectivity index (χ3n) is 3.98. The van der Waals surface area contributed by atoms with Gasteiger partial charge in [0.1, 0.15) is 10.6 Å². The Hall–Kier alpha value is -2.91. The van der Waals surface area contributed by atoms with Crippen molar-refractivity contribution >= 4 is 38.1 Å². The van der Waals surface area contributed by atoms with E-state index in [4.69, 9.17) is 4.74 Å². The Morgan fingerprint density at radius 1 is 1.07 bits per heavy atom. The highest BCUT2D eigenvalue weighted by Crippen LogP contribution is 2.26. The summed E-state index contributed by atoms with van der Waals surface area (Å²) in [6.07, 6.45) is 0. The van der Waals surface area contributed by atoms with Gasteiger partial charge in [0, 0.05) is 5.69 Å². The molecule has 0 aliphatic rings. The molecular weight excluding hydrogens is 410 g/mol. The minimum Gasteiger partial charge on any atom is -0.494 e. The number of hydrogen-bond donors (Lipinski definition) is 2. The predicted octanol–water partition coefficient (Wildman–Crippen LogP) is 4.21. The Balaban J connectivity index is 1.73. The van der Waals surface area contributed by atoms with Gasteiger partial charge in [-0.2, -0.15) is 0 Å². The molecule has 0 aliphatic heterocycles. The molecule has 1 amide bonds. The van der Waals surface area contributed by atoms with Crippen molar-refractivity contribution in [1.29, 1.82) is 0 Å². The maximum Gasteiger partial charge on any atom is 0.267 e. The Labute approximate surface area is 173 Å². The summed E-state index contributed by atoms with van der Waals surface area (Å²) >= 11 is 0.985. The average Bonchev–Trinajstić information content (AvgIpc) is 3.03. The summed E-state index contributed by atoms with van der Waals surface area (Å²) in [7, 11) is -3.78. The number of aryl methyl sites for hydroxylation is 2. The molecule has 152 valence electrons. The van der Waals surface area contributed by atoms with E-state index in [1.54, 1.807) is 43.3 Å². The molecule has 9 heteroatoms. The first-order valence-corrected chi connectivity index (χ1v) is 11.2. The first-order valence-electron chi connectivity index (χ1n) is 8.89. The van der Waals surface area contributed by atoms with E-state index in [0.717, 1.165) is 16.9 Å². The van der Waals surface area contributed by atoms with Gasteiger partial charge in [-0.25, -0.2) is 13.4 Å². The maximum atomic E-state index is 12.6. The monoisotopic (exact) mass is 431 g/mol. The molecule has 3 rings (SSSR count). The highest BCUT2D eigenvalue weighted by molar-refractivity contribution is 7.93. The molecule has 3 aromatic rings. The molecule has 2 aromatic carbocycles. The number of carbonyl (C=O) groups excluding carboxylic acids is 1. The molecule has 7 nitrogen and oxygen atoms in total. The fraction of sp³-hybridized carbons (Fsp3) is 0.200. The standard InChI is InChI=1S/C20H21N3O4S2/c1-4-27-16-9-7-15(8-10-16)22-19(24)18-14(3)21-20(28-18)23-29(25,26)17-11-5-13(2)6-12-17/h5-12H,4H2,1-3H3,(H,21,23)(H,22,24).